The second-order valence-electron chi connectivity index (χ2n) is 6.51. The summed E-state index contributed by atoms with van der Waals surface area (Å²) in [6, 6.07) is 0. The molecule has 1 aliphatic heterocycles. The van der Waals surface area contributed by atoms with Crippen molar-refractivity contribution in [2.24, 2.45) is 10.9 Å². The molecule has 1 aliphatic rings. The standard InChI is InChI=1S/C17H33F3N4S/c1-3-21-16(22-9-4-5-13-25-2)23-10-6-15-7-11-24(12-8-15)14-17(18,19)20/h15H,3-14H2,1-2H3,(H2,21,22,23). The second-order valence-corrected chi connectivity index (χ2v) is 7.50. The van der Waals surface area contributed by atoms with E-state index < -0.39 is 12.7 Å². The molecule has 25 heavy (non-hydrogen) atoms. The summed E-state index contributed by atoms with van der Waals surface area (Å²) < 4.78 is 37.2. The minimum atomic E-state index is -4.08. The lowest BCUT2D eigenvalue weighted by molar-refractivity contribution is -0.148. The summed E-state index contributed by atoms with van der Waals surface area (Å²) in [5, 5.41) is 6.59. The predicted octanol–water partition coefficient (Wildman–Crippen LogP) is 3.35. The minimum Gasteiger partial charge on any atom is -0.357 e. The number of thioether (sulfide) groups is 1. The molecule has 0 unspecified atom stereocenters. The molecule has 0 bridgehead atoms. The SMILES string of the molecule is CCNC(=NCCCCSC)NCCC1CCN(CC(F)(F)F)CC1. The third-order valence-electron chi connectivity index (χ3n) is 4.33. The summed E-state index contributed by atoms with van der Waals surface area (Å²) in [5.41, 5.74) is 0. The van der Waals surface area contributed by atoms with Crippen LogP contribution in [0.5, 0.6) is 0 Å². The normalized spacial score (nSPS) is 17.7. The van der Waals surface area contributed by atoms with Crippen molar-refractivity contribution in [3.05, 3.63) is 0 Å². The van der Waals surface area contributed by atoms with Crippen molar-refractivity contribution in [1.29, 1.82) is 0 Å². The van der Waals surface area contributed by atoms with Crippen LogP contribution in [0, 0.1) is 5.92 Å². The molecule has 2 N–H and O–H groups in total. The largest absolute Gasteiger partial charge is 0.401 e. The van der Waals surface area contributed by atoms with Crippen LogP contribution < -0.4 is 10.6 Å². The van der Waals surface area contributed by atoms with Crippen LogP contribution in [0.3, 0.4) is 0 Å². The summed E-state index contributed by atoms with van der Waals surface area (Å²) in [7, 11) is 0. The van der Waals surface area contributed by atoms with E-state index in [-0.39, 0.29) is 0 Å². The highest BCUT2D eigenvalue weighted by Crippen LogP contribution is 2.23. The van der Waals surface area contributed by atoms with Crippen molar-refractivity contribution in [3.8, 4) is 0 Å². The van der Waals surface area contributed by atoms with Crippen LogP contribution in [-0.2, 0) is 0 Å². The van der Waals surface area contributed by atoms with E-state index in [9.17, 15) is 13.2 Å². The van der Waals surface area contributed by atoms with E-state index in [1.165, 1.54) is 17.1 Å². The fourth-order valence-corrected chi connectivity index (χ4v) is 3.47. The first-order valence-electron chi connectivity index (χ1n) is 9.24. The zero-order valence-corrected chi connectivity index (χ0v) is 16.3. The van der Waals surface area contributed by atoms with Gasteiger partial charge < -0.3 is 10.6 Å². The highest BCUT2D eigenvalue weighted by molar-refractivity contribution is 7.98. The van der Waals surface area contributed by atoms with Crippen molar-refractivity contribution >= 4 is 17.7 Å². The molecule has 0 aromatic heterocycles. The molecule has 0 aliphatic carbocycles. The van der Waals surface area contributed by atoms with Crippen LogP contribution >= 0.6 is 11.8 Å². The highest BCUT2D eigenvalue weighted by Gasteiger charge is 2.32. The Morgan fingerprint density at radius 3 is 2.52 bits per heavy atom. The van der Waals surface area contributed by atoms with Gasteiger partial charge in [0, 0.05) is 19.6 Å². The number of nitrogens with zero attached hydrogens (tertiary/aromatic N) is 2. The van der Waals surface area contributed by atoms with Crippen molar-refractivity contribution in [2.75, 3.05) is 51.3 Å². The van der Waals surface area contributed by atoms with E-state index in [1.807, 2.05) is 18.7 Å². The summed E-state index contributed by atoms with van der Waals surface area (Å²) in [4.78, 5) is 6.09. The lowest BCUT2D eigenvalue weighted by Crippen LogP contribution is -2.41. The van der Waals surface area contributed by atoms with Gasteiger partial charge in [0.2, 0.25) is 0 Å². The number of guanidine groups is 1. The van der Waals surface area contributed by atoms with E-state index in [2.05, 4.69) is 21.9 Å². The highest BCUT2D eigenvalue weighted by atomic mass is 32.2. The minimum absolute atomic E-state index is 0.501. The summed E-state index contributed by atoms with van der Waals surface area (Å²) >= 11 is 1.86. The fourth-order valence-electron chi connectivity index (χ4n) is 2.97. The van der Waals surface area contributed by atoms with Crippen LogP contribution in [0.25, 0.3) is 0 Å². The van der Waals surface area contributed by atoms with E-state index in [4.69, 9.17) is 0 Å². The maximum absolute atomic E-state index is 12.4. The summed E-state index contributed by atoms with van der Waals surface area (Å²) in [6.07, 6.45) is 2.98. The number of aliphatic imine (C=N–C) groups is 1. The van der Waals surface area contributed by atoms with Gasteiger partial charge in [-0.15, -0.1) is 0 Å². The number of hydrogen-bond donors (Lipinski definition) is 2. The lowest BCUT2D eigenvalue weighted by atomic mass is 9.93. The quantitative estimate of drug-likeness (QED) is 0.345. The number of hydrogen-bond acceptors (Lipinski definition) is 3. The number of likely N-dealkylation sites (tertiary alicyclic amines) is 1. The first-order chi connectivity index (χ1) is 11.9. The van der Waals surface area contributed by atoms with Gasteiger partial charge in [0.15, 0.2) is 5.96 Å². The zero-order valence-electron chi connectivity index (χ0n) is 15.5. The van der Waals surface area contributed by atoms with E-state index in [1.54, 1.807) is 0 Å². The number of unbranched alkanes of at least 4 members (excludes halogenated alkanes) is 1. The van der Waals surface area contributed by atoms with Gasteiger partial charge in [-0.2, -0.15) is 24.9 Å². The lowest BCUT2D eigenvalue weighted by Gasteiger charge is -2.32. The molecular formula is C17H33F3N4S. The number of rotatable bonds is 10. The number of nitrogens with one attached hydrogen (secondary N) is 2. The molecule has 0 spiro atoms. The Balaban J connectivity index is 2.20. The van der Waals surface area contributed by atoms with Gasteiger partial charge in [-0.1, -0.05) is 0 Å². The molecule has 0 aromatic rings. The van der Waals surface area contributed by atoms with E-state index >= 15 is 0 Å². The molecule has 0 amide bonds. The van der Waals surface area contributed by atoms with Crippen molar-refractivity contribution in [2.45, 2.75) is 45.2 Å². The molecule has 8 heteroatoms. The van der Waals surface area contributed by atoms with Gasteiger partial charge in [0.1, 0.15) is 0 Å². The maximum atomic E-state index is 12.4. The second kappa shape index (κ2) is 12.7. The van der Waals surface area contributed by atoms with Crippen LogP contribution in [0.4, 0.5) is 13.2 Å². The van der Waals surface area contributed by atoms with Crippen LogP contribution in [0.15, 0.2) is 4.99 Å². The van der Waals surface area contributed by atoms with Crippen molar-refractivity contribution in [1.82, 2.24) is 15.5 Å². The Morgan fingerprint density at radius 1 is 1.20 bits per heavy atom. The van der Waals surface area contributed by atoms with Gasteiger partial charge in [-0.05, 0) is 70.0 Å². The maximum Gasteiger partial charge on any atom is 0.401 e. The van der Waals surface area contributed by atoms with E-state index in [0.29, 0.717) is 19.0 Å². The van der Waals surface area contributed by atoms with Crippen molar-refractivity contribution in [3.63, 3.8) is 0 Å². The molecule has 148 valence electrons. The number of halogens is 3. The van der Waals surface area contributed by atoms with Crippen LogP contribution in [0.1, 0.15) is 39.0 Å². The molecule has 1 rings (SSSR count). The number of piperidine rings is 1. The van der Waals surface area contributed by atoms with Gasteiger partial charge >= 0.3 is 6.18 Å². The molecule has 4 nitrogen and oxygen atoms in total. The molecule has 1 fully saturated rings. The van der Waals surface area contributed by atoms with E-state index in [0.717, 1.165) is 51.3 Å². The third-order valence-corrected chi connectivity index (χ3v) is 5.02. The Kier molecular flexibility index (Phi) is 11.4. The molecule has 0 aromatic carbocycles. The summed E-state index contributed by atoms with van der Waals surface area (Å²) in [5.74, 6) is 2.52. The van der Waals surface area contributed by atoms with Crippen LogP contribution in [-0.4, -0.2) is 68.3 Å². The number of alkyl halides is 3. The first kappa shape index (κ1) is 22.4. The fraction of sp³-hybridized carbons (Fsp3) is 0.941. The Morgan fingerprint density at radius 2 is 1.92 bits per heavy atom. The zero-order chi connectivity index (χ0) is 18.5. The average molecular weight is 383 g/mol. The molecule has 0 saturated carbocycles. The Labute approximate surface area is 154 Å². The molecular weight excluding hydrogens is 349 g/mol. The van der Waals surface area contributed by atoms with Gasteiger partial charge in [0.25, 0.3) is 0 Å². The molecule has 0 radical (unpaired) electrons. The predicted molar refractivity (Wildman–Crippen MR) is 101 cm³/mol. The smallest absolute Gasteiger partial charge is 0.357 e. The van der Waals surface area contributed by atoms with Crippen molar-refractivity contribution < 1.29 is 13.2 Å². The van der Waals surface area contributed by atoms with Gasteiger partial charge in [-0.25, -0.2) is 0 Å². The summed E-state index contributed by atoms with van der Waals surface area (Å²) in [6.45, 7) is 4.84. The monoisotopic (exact) mass is 382 g/mol. The Hall–Kier alpha value is -0.630. The molecule has 1 heterocycles. The third kappa shape index (κ3) is 11.6. The van der Waals surface area contributed by atoms with Gasteiger partial charge in [-0.3, -0.25) is 9.89 Å². The van der Waals surface area contributed by atoms with Crippen LogP contribution in [0.2, 0.25) is 0 Å². The topological polar surface area (TPSA) is 39.7 Å². The molecule has 0 atom stereocenters. The van der Waals surface area contributed by atoms with Gasteiger partial charge in [0.05, 0.1) is 6.54 Å². The average Bonchev–Trinajstić information content (AvgIpc) is 2.55. The molecule has 1 saturated heterocycles. The Bertz CT molecular complexity index is 369. The first-order valence-corrected chi connectivity index (χ1v) is 10.6.